The Balaban J connectivity index is 2.75. The molecule has 1 aliphatic rings. The number of piperidine rings is 1. The lowest BCUT2D eigenvalue weighted by Gasteiger charge is -2.53. The zero-order valence-electron chi connectivity index (χ0n) is 11.4. The second-order valence-electron chi connectivity index (χ2n) is 6.40. The normalized spacial score (nSPS) is 27.2. The van der Waals surface area contributed by atoms with Crippen molar-refractivity contribution in [3.05, 3.63) is 0 Å². The molecule has 0 aliphatic carbocycles. The lowest BCUT2D eigenvalue weighted by Crippen LogP contribution is -2.60. The quantitative estimate of drug-likeness (QED) is 0.699. The van der Waals surface area contributed by atoms with Crippen LogP contribution in [-0.4, -0.2) is 35.2 Å². The zero-order chi connectivity index (χ0) is 11.9. The van der Waals surface area contributed by atoms with E-state index in [9.17, 15) is 0 Å². The Morgan fingerprint density at radius 1 is 1.07 bits per heavy atom. The van der Waals surface area contributed by atoms with Crippen LogP contribution in [0.25, 0.3) is 0 Å². The Bertz CT molecular complexity index is 203. The van der Waals surface area contributed by atoms with Gasteiger partial charge >= 0.3 is 0 Å². The highest BCUT2D eigenvalue weighted by molar-refractivity contribution is 4.98. The SMILES string of the molecule is CC(C)OC1CC(C)(C)N(C)C(C)(C)C1. The first-order valence-electron chi connectivity index (χ1n) is 6.04. The van der Waals surface area contributed by atoms with Gasteiger partial charge in [-0.2, -0.15) is 0 Å². The minimum atomic E-state index is 0.237. The molecule has 0 saturated carbocycles. The van der Waals surface area contributed by atoms with E-state index < -0.39 is 0 Å². The molecule has 90 valence electrons. The molecule has 1 heterocycles. The van der Waals surface area contributed by atoms with Crippen LogP contribution in [0.3, 0.4) is 0 Å². The van der Waals surface area contributed by atoms with Crippen LogP contribution >= 0.6 is 0 Å². The van der Waals surface area contributed by atoms with Crippen LogP contribution in [0.15, 0.2) is 0 Å². The molecule has 1 aliphatic heterocycles. The average molecular weight is 213 g/mol. The second-order valence-corrected chi connectivity index (χ2v) is 6.40. The predicted molar refractivity (Wildman–Crippen MR) is 65.2 cm³/mol. The van der Waals surface area contributed by atoms with Gasteiger partial charge in [-0.3, -0.25) is 4.90 Å². The molecule has 0 spiro atoms. The molecule has 0 atom stereocenters. The molecular weight excluding hydrogens is 186 g/mol. The summed E-state index contributed by atoms with van der Waals surface area (Å²) >= 11 is 0. The van der Waals surface area contributed by atoms with Gasteiger partial charge in [0.15, 0.2) is 0 Å². The van der Waals surface area contributed by atoms with Gasteiger partial charge in [-0.05, 0) is 61.4 Å². The summed E-state index contributed by atoms with van der Waals surface area (Å²) < 4.78 is 5.98. The van der Waals surface area contributed by atoms with Gasteiger partial charge in [0.1, 0.15) is 0 Å². The fourth-order valence-corrected chi connectivity index (χ4v) is 2.76. The van der Waals surface area contributed by atoms with Crippen molar-refractivity contribution < 1.29 is 4.74 Å². The minimum Gasteiger partial charge on any atom is -0.375 e. The number of hydrogen-bond donors (Lipinski definition) is 0. The summed E-state index contributed by atoms with van der Waals surface area (Å²) in [5, 5.41) is 0. The minimum absolute atomic E-state index is 0.237. The summed E-state index contributed by atoms with van der Waals surface area (Å²) in [4.78, 5) is 2.49. The van der Waals surface area contributed by atoms with E-state index in [0.717, 1.165) is 12.8 Å². The number of nitrogens with zero attached hydrogens (tertiary/aromatic N) is 1. The van der Waals surface area contributed by atoms with E-state index in [2.05, 4.69) is 53.5 Å². The Morgan fingerprint density at radius 3 is 1.80 bits per heavy atom. The van der Waals surface area contributed by atoms with E-state index in [1.54, 1.807) is 0 Å². The first kappa shape index (κ1) is 13.0. The smallest absolute Gasteiger partial charge is 0.0613 e. The monoisotopic (exact) mass is 213 g/mol. The Hall–Kier alpha value is -0.0800. The van der Waals surface area contributed by atoms with Gasteiger partial charge < -0.3 is 4.74 Å². The molecule has 2 heteroatoms. The maximum atomic E-state index is 5.98. The average Bonchev–Trinajstić information content (AvgIpc) is 1.97. The maximum Gasteiger partial charge on any atom is 0.0613 e. The number of ether oxygens (including phenoxy) is 1. The molecule has 0 N–H and O–H groups in total. The van der Waals surface area contributed by atoms with Crippen LogP contribution in [0.2, 0.25) is 0 Å². The van der Waals surface area contributed by atoms with Crippen LogP contribution < -0.4 is 0 Å². The van der Waals surface area contributed by atoms with E-state index in [1.165, 1.54) is 0 Å². The van der Waals surface area contributed by atoms with Gasteiger partial charge in [0.05, 0.1) is 12.2 Å². The lowest BCUT2D eigenvalue weighted by atomic mass is 9.78. The van der Waals surface area contributed by atoms with Gasteiger partial charge in [0.25, 0.3) is 0 Å². The summed E-state index contributed by atoms with van der Waals surface area (Å²) in [6.07, 6.45) is 3.01. The Labute approximate surface area is 95.0 Å². The zero-order valence-corrected chi connectivity index (χ0v) is 11.4. The van der Waals surface area contributed by atoms with E-state index >= 15 is 0 Å². The van der Waals surface area contributed by atoms with Crippen LogP contribution in [0.4, 0.5) is 0 Å². The first-order chi connectivity index (χ1) is 6.65. The summed E-state index contributed by atoms with van der Waals surface area (Å²) in [6.45, 7) is 13.5. The van der Waals surface area contributed by atoms with Crippen LogP contribution in [0.5, 0.6) is 0 Å². The lowest BCUT2D eigenvalue weighted by molar-refractivity contribution is -0.107. The number of likely N-dealkylation sites (tertiary alicyclic amines) is 1. The summed E-state index contributed by atoms with van der Waals surface area (Å²) in [5.41, 5.74) is 0.475. The van der Waals surface area contributed by atoms with Gasteiger partial charge in [0, 0.05) is 11.1 Å². The first-order valence-corrected chi connectivity index (χ1v) is 6.04. The van der Waals surface area contributed by atoms with Crippen molar-refractivity contribution in [2.75, 3.05) is 7.05 Å². The second kappa shape index (κ2) is 4.06. The molecule has 0 bridgehead atoms. The summed E-state index contributed by atoms with van der Waals surface area (Å²) in [5.74, 6) is 0. The van der Waals surface area contributed by atoms with Crippen molar-refractivity contribution in [2.24, 2.45) is 0 Å². The number of rotatable bonds is 2. The van der Waals surface area contributed by atoms with E-state index in [4.69, 9.17) is 4.74 Å². The standard InChI is InChI=1S/C13H27NO/c1-10(2)15-11-8-12(3,4)14(7)13(5,6)9-11/h10-11H,8-9H2,1-7H3. The van der Waals surface area contributed by atoms with E-state index in [-0.39, 0.29) is 11.1 Å². The molecule has 1 rings (SSSR count). The number of hydrogen-bond acceptors (Lipinski definition) is 2. The van der Waals surface area contributed by atoms with E-state index in [1.807, 2.05) is 0 Å². The summed E-state index contributed by atoms with van der Waals surface area (Å²) in [6, 6.07) is 0. The maximum absolute atomic E-state index is 5.98. The van der Waals surface area contributed by atoms with Crippen molar-refractivity contribution in [1.82, 2.24) is 4.90 Å². The van der Waals surface area contributed by atoms with E-state index in [0.29, 0.717) is 12.2 Å². The highest BCUT2D eigenvalue weighted by Gasteiger charge is 2.43. The predicted octanol–water partition coefficient (Wildman–Crippen LogP) is 3.06. The molecule has 0 unspecified atom stereocenters. The van der Waals surface area contributed by atoms with Gasteiger partial charge in [-0.25, -0.2) is 0 Å². The van der Waals surface area contributed by atoms with Gasteiger partial charge in [0.2, 0.25) is 0 Å². The molecule has 0 aromatic heterocycles. The molecular formula is C13H27NO. The van der Waals surface area contributed by atoms with Crippen molar-refractivity contribution in [3.63, 3.8) is 0 Å². The molecule has 0 amide bonds. The molecule has 1 fully saturated rings. The van der Waals surface area contributed by atoms with Crippen molar-refractivity contribution in [1.29, 1.82) is 0 Å². The molecule has 0 aromatic rings. The highest BCUT2D eigenvalue weighted by atomic mass is 16.5. The van der Waals surface area contributed by atoms with Gasteiger partial charge in [-0.15, -0.1) is 0 Å². The van der Waals surface area contributed by atoms with Crippen molar-refractivity contribution in [2.45, 2.75) is 77.7 Å². The highest BCUT2D eigenvalue weighted by Crippen LogP contribution is 2.38. The Morgan fingerprint density at radius 2 is 1.47 bits per heavy atom. The van der Waals surface area contributed by atoms with Crippen LogP contribution in [-0.2, 0) is 4.74 Å². The molecule has 0 radical (unpaired) electrons. The third-order valence-electron chi connectivity index (χ3n) is 3.74. The molecule has 15 heavy (non-hydrogen) atoms. The Kier molecular flexibility index (Phi) is 3.52. The van der Waals surface area contributed by atoms with Crippen LogP contribution in [0.1, 0.15) is 54.4 Å². The largest absolute Gasteiger partial charge is 0.375 e. The fourth-order valence-electron chi connectivity index (χ4n) is 2.76. The topological polar surface area (TPSA) is 12.5 Å². The molecule has 1 saturated heterocycles. The third kappa shape index (κ3) is 2.94. The van der Waals surface area contributed by atoms with Crippen molar-refractivity contribution in [3.8, 4) is 0 Å². The molecule has 2 nitrogen and oxygen atoms in total. The third-order valence-corrected chi connectivity index (χ3v) is 3.74. The fraction of sp³-hybridized carbons (Fsp3) is 1.00. The van der Waals surface area contributed by atoms with Crippen LogP contribution in [0, 0.1) is 0 Å². The summed E-state index contributed by atoms with van der Waals surface area (Å²) in [7, 11) is 2.23. The van der Waals surface area contributed by atoms with Crippen molar-refractivity contribution >= 4 is 0 Å². The van der Waals surface area contributed by atoms with Gasteiger partial charge in [-0.1, -0.05) is 0 Å². The molecule has 0 aromatic carbocycles.